The first kappa shape index (κ1) is 58.2. The van der Waals surface area contributed by atoms with Gasteiger partial charge in [-0.2, -0.15) is 0 Å². The zero-order chi connectivity index (χ0) is 43.9. The Morgan fingerprint density at radius 1 is 0.500 bits per heavy atom. The Labute approximate surface area is 369 Å². The number of phosphoric ester groups is 1. The molecule has 0 aliphatic rings. The molecule has 3 N–H and O–H groups in total. The Bertz CT molecular complexity index is 1080. The molecule has 0 amide bonds. The van der Waals surface area contributed by atoms with Crippen molar-refractivity contribution in [3.63, 3.8) is 0 Å². The highest BCUT2D eigenvalue weighted by Gasteiger charge is 2.26. The lowest BCUT2D eigenvalue weighted by Gasteiger charge is -2.19. The second kappa shape index (κ2) is 46.7. The van der Waals surface area contributed by atoms with Crippen molar-refractivity contribution >= 4 is 19.8 Å². The summed E-state index contributed by atoms with van der Waals surface area (Å²) in [7, 11) is -4.38. The van der Waals surface area contributed by atoms with Gasteiger partial charge in [-0.05, 0) is 51.4 Å². The molecule has 2 atom stereocenters. The quantitative estimate of drug-likeness (QED) is 0.0265. The minimum absolute atomic E-state index is 0.0542. The van der Waals surface area contributed by atoms with Crippen molar-refractivity contribution in [3.05, 3.63) is 36.5 Å². The number of carbonyl (C=O) groups excluding carboxylic acids is 2. The molecule has 352 valence electrons. The Morgan fingerprint density at radius 2 is 0.867 bits per heavy atom. The molecule has 9 nitrogen and oxygen atoms in total. The minimum Gasteiger partial charge on any atom is -0.462 e. The van der Waals surface area contributed by atoms with Crippen molar-refractivity contribution in [1.82, 2.24) is 0 Å². The van der Waals surface area contributed by atoms with E-state index in [0.29, 0.717) is 6.42 Å². The van der Waals surface area contributed by atoms with Crippen molar-refractivity contribution < 1.29 is 37.6 Å². The van der Waals surface area contributed by atoms with Crippen molar-refractivity contribution in [3.8, 4) is 0 Å². The van der Waals surface area contributed by atoms with E-state index in [9.17, 15) is 19.0 Å². The molecule has 0 aromatic heterocycles. The molecule has 0 aromatic carbocycles. The molecule has 0 saturated heterocycles. The summed E-state index contributed by atoms with van der Waals surface area (Å²) >= 11 is 0. The number of allylic oxidation sites excluding steroid dienone is 6. The number of hydrogen-bond acceptors (Lipinski definition) is 8. The number of ether oxygens (including phenoxy) is 2. The van der Waals surface area contributed by atoms with Crippen LogP contribution in [0.2, 0.25) is 0 Å². The van der Waals surface area contributed by atoms with Gasteiger partial charge in [0.1, 0.15) is 6.61 Å². The summed E-state index contributed by atoms with van der Waals surface area (Å²) < 4.78 is 32.9. The lowest BCUT2D eigenvalue weighted by atomic mass is 10.0. The number of carbonyl (C=O) groups is 2. The first-order valence-electron chi connectivity index (χ1n) is 25.0. The van der Waals surface area contributed by atoms with Crippen LogP contribution >= 0.6 is 7.82 Å². The van der Waals surface area contributed by atoms with E-state index < -0.39 is 26.5 Å². The topological polar surface area (TPSA) is 134 Å². The molecule has 10 heteroatoms. The van der Waals surface area contributed by atoms with Crippen molar-refractivity contribution in [1.29, 1.82) is 0 Å². The zero-order valence-electron chi connectivity index (χ0n) is 38.9. The van der Waals surface area contributed by atoms with Crippen molar-refractivity contribution in [2.45, 2.75) is 245 Å². The predicted molar refractivity (Wildman–Crippen MR) is 252 cm³/mol. The van der Waals surface area contributed by atoms with Crippen molar-refractivity contribution in [2.24, 2.45) is 5.73 Å². The van der Waals surface area contributed by atoms with Crippen LogP contribution in [0.15, 0.2) is 36.5 Å². The van der Waals surface area contributed by atoms with Crippen molar-refractivity contribution in [2.75, 3.05) is 26.4 Å². The number of phosphoric acid groups is 1. The monoisotopic (exact) mass is 868 g/mol. The van der Waals surface area contributed by atoms with Crippen LogP contribution < -0.4 is 5.73 Å². The third-order valence-corrected chi connectivity index (χ3v) is 11.8. The fourth-order valence-electron chi connectivity index (χ4n) is 7.05. The van der Waals surface area contributed by atoms with Gasteiger partial charge >= 0.3 is 19.8 Å². The zero-order valence-corrected chi connectivity index (χ0v) is 39.8. The number of rotatable bonds is 47. The molecule has 0 bridgehead atoms. The lowest BCUT2D eigenvalue weighted by molar-refractivity contribution is -0.161. The second-order valence-electron chi connectivity index (χ2n) is 16.7. The van der Waals surface area contributed by atoms with E-state index in [1.807, 2.05) is 0 Å². The average molecular weight is 868 g/mol. The van der Waals surface area contributed by atoms with Crippen LogP contribution in [0.1, 0.15) is 239 Å². The summed E-state index contributed by atoms with van der Waals surface area (Å²) in [5.74, 6) is -0.823. The molecule has 0 aliphatic heterocycles. The summed E-state index contributed by atoms with van der Waals surface area (Å²) in [6.45, 7) is 3.74. The summed E-state index contributed by atoms with van der Waals surface area (Å²) in [5, 5.41) is 0. The lowest BCUT2D eigenvalue weighted by Crippen LogP contribution is -2.29. The maximum absolute atomic E-state index is 12.6. The molecule has 0 aromatic rings. The number of esters is 2. The van der Waals surface area contributed by atoms with E-state index in [2.05, 4.69) is 50.3 Å². The van der Waals surface area contributed by atoms with Crippen LogP contribution in [0.5, 0.6) is 0 Å². The maximum atomic E-state index is 12.6. The predicted octanol–water partition coefficient (Wildman–Crippen LogP) is 14.9. The van der Waals surface area contributed by atoms with Gasteiger partial charge in [-0.15, -0.1) is 0 Å². The highest BCUT2D eigenvalue weighted by atomic mass is 31.2. The average Bonchev–Trinajstić information content (AvgIpc) is 3.24. The minimum atomic E-state index is -4.38. The smallest absolute Gasteiger partial charge is 0.462 e. The first-order valence-corrected chi connectivity index (χ1v) is 26.5. The van der Waals surface area contributed by atoms with Crippen LogP contribution in [-0.4, -0.2) is 49.3 Å². The SMILES string of the molecule is CCCCCCC/C=C\C/C=C\C/C=C\CCCCCCCCCCCCCCC(=O)OC(COC(=O)CCCCCCCCCCCCCC)COP(=O)(O)OCCN. The summed E-state index contributed by atoms with van der Waals surface area (Å²) in [4.78, 5) is 34.9. The molecule has 60 heavy (non-hydrogen) atoms. The van der Waals surface area contributed by atoms with Gasteiger partial charge in [-0.1, -0.05) is 211 Å². The summed E-state index contributed by atoms with van der Waals surface area (Å²) in [6, 6.07) is 0. The van der Waals surface area contributed by atoms with Gasteiger partial charge in [0.05, 0.1) is 13.2 Å². The van der Waals surface area contributed by atoms with E-state index >= 15 is 0 Å². The van der Waals surface area contributed by atoms with Gasteiger partial charge in [0.25, 0.3) is 0 Å². The fraction of sp³-hybridized carbons (Fsp3) is 0.840. The Hall–Kier alpha value is -1.77. The molecule has 2 unspecified atom stereocenters. The van der Waals surface area contributed by atoms with Gasteiger partial charge in [0.2, 0.25) is 0 Å². The first-order chi connectivity index (χ1) is 29.3. The highest BCUT2D eigenvalue weighted by molar-refractivity contribution is 7.47. The molecule has 0 fully saturated rings. The normalized spacial score (nSPS) is 13.5. The van der Waals surface area contributed by atoms with Gasteiger partial charge in [0.15, 0.2) is 6.10 Å². The van der Waals surface area contributed by atoms with Gasteiger partial charge < -0.3 is 20.1 Å². The molecule has 0 rings (SSSR count). The molecule has 0 aliphatic carbocycles. The molecule has 0 radical (unpaired) electrons. The van der Waals surface area contributed by atoms with E-state index in [-0.39, 0.29) is 38.6 Å². The van der Waals surface area contributed by atoms with E-state index in [1.54, 1.807) is 0 Å². The molecular formula is C50H94NO8P. The molecule has 0 saturated carbocycles. The van der Waals surface area contributed by atoms with E-state index in [1.165, 1.54) is 154 Å². The van der Waals surface area contributed by atoms with Crippen LogP contribution in [-0.2, 0) is 32.7 Å². The maximum Gasteiger partial charge on any atom is 0.472 e. The third-order valence-electron chi connectivity index (χ3n) is 10.8. The van der Waals surface area contributed by atoms with Gasteiger partial charge in [0, 0.05) is 19.4 Å². The molecule has 0 heterocycles. The largest absolute Gasteiger partial charge is 0.472 e. The number of nitrogens with two attached hydrogens (primary N) is 1. The van der Waals surface area contributed by atoms with E-state index in [0.717, 1.165) is 51.4 Å². The Kier molecular flexibility index (Phi) is 45.3. The van der Waals surface area contributed by atoms with Crippen LogP contribution in [0, 0.1) is 0 Å². The van der Waals surface area contributed by atoms with Crippen LogP contribution in [0.4, 0.5) is 0 Å². The van der Waals surface area contributed by atoms with Crippen LogP contribution in [0.3, 0.4) is 0 Å². The van der Waals surface area contributed by atoms with Gasteiger partial charge in [-0.3, -0.25) is 18.6 Å². The third kappa shape index (κ3) is 45.7. The Balaban J connectivity index is 3.98. The highest BCUT2D eigenvalue weighted by Crippen LogP contribution is 2.43. The fourth-order valence-corrected chi connectivity index (χ4v) is 7.82. The standard InChI is InChI=1S/C50H94NO8P/c1-3-5-7-9-11-13-15-17-18-19-20-21-22-23-24-25-26-27-28-29-30-31-33-35-37-39-41-43-50(53)59-48(47-58-60(54,55)57-45-44-51)46-56-49(52)42-40-38-36-34-32-16-14-12-10-8-6-4-2/h15,17,19-20,22-23,48H,3-14,16,18,21,24-47,51H2,1-2H3,(H,54,55)/b17-15-,20-19-,23-22-. The van der Waals surface area contributed by atoms with E-state index in [4.69, 9.17) is 24.3 Å². The summed E-state index contributed by atoms with van der Waals surface area (Å²) in [6.07, 6.45) is 53.3. The molecule has 0 spiro atoms. The Morgan fingerprint density at radius 3 is 1.28 bits per heavy atom. The summed E-state index contributed by atoms with van der Waals surface area (Å²) in [5.41, 5.74) is 5.36. The second-order valence-corrected chi connectivity index (χ2v) is 18.1. The molecular weight excluding hydrogens is 774 g/mol. The number of hydrogen-bond donors (Lipinski definition) is 2. The van der Waals surface area contributed by atoms with Gasteiger partial charge in [-0.25, -0.2) is 4.57 Å². The van der Waals surface area contributed by atoms with Crippen LogP contribution in [0.25, 0.3) is 0 Å². The number of unbranched alkanes of at least 4 members (excludes halogenated alkanes) is 28.